The molecule has 0 unspecified atom stereocenters. The normalized spacial score (nSPS) is 11.5. The zero-order valence-corrected chi connectivity index (χ0v) is 9.24. The second-order valence-corrected chi connectivity index (χ2v) is 3.44. The van der Waals surface area contributed by atoms with Gasteiger partial charge in [-0.3, -0.25) is 4.79 Å². The van der Waals surface area contributed by atoms with Gasteiger partial charge in [0.15, 0.2) is 0 Å². The fourth-order valence-electron chi connectivity index (χ4n) is 1.31. The number of hydrogen-bond acceptors (Lipinski definition) is 1. The lowest BCUT2D eigenvalue weighted by Crippen LogP contribution is -1.76. The van der Waals surface area contributed by atoms with Crippen LogP contribution < -0.4 is 0 Å². The zero-order valence-electron chi connectivity index (χ0n) is 9.24. The van der Waals surface area contributed by atoms with Crippen molar-refractivity contribution in [2.45, 2.75) is 51.9 Å². The van der Waals surface area contributed by atoms with Crippen LogP contribution in [-0.4, -0.2) is 6.29 Å². The highest BCUT2D eigenvalue weighted by atomic mass is 16.1. The highest BCUT2D eigenvalue weighted by Crippen LogP contribution is 2.06. The van der Waals surface area contributed by atoms with Crippen molar-refractivity contribution in [3.8, 4) is 0 Å². The molecule has 0 atom stereocenters. The lowest BCUT2D eigenvalue weighted by atomic mass is 10.1. The quantitative estimate of drug-likeness (QED) is 0.234. The maximum absolute atomic E-state index is 9.95. The first-order chi connectivity index (χ1) is 6.91. The Kier molecular flexibility index (Phi) is 11.4. The fourth-order valence-corrected chi connectivity index (χ4v) is 1.31. The van der Waals surface area contributed by atoms with Gasteiger partial charge >= 0.3 is 0 Å². The number of rotatable bonds is 9. The molecule has 0 aromatic carbocycles. The minimum Gasteiger partial charge on any atom is -0.299 e. The van der Waals surface area contributed by atoms with E-state index in [0.29, 0.717) is 0 Å². The van der Waals surface area contributed by atoms with Crippen molar-refractivity contribution in [1.82, 2.24) is 0 Å². The molecule has 0 aliphatic rings. The van der Waals surface area contributed by atoms with Crippen LogP contribution in [0, 0.1) is 0 Å². The summed E-state index contributed by atoms with van der Waals surface area (Å²) in [6.07, 6.45) is 17.4. The van der Waals surface area contributed by atoms with Gasteiger partial charge in [-0.15, -0.1) is 0 Å². The largest absolute Gasteiger partial charge is 0.299 e. The van der Waals surface area contributed by atoms with Crippen LogP contribution in [0.2, 0.25) is 0 Å². The number of aldehydes is 1. The van der Waals surface area contributed by atoms with Crippen LogP contribution in [0.4, 0.5) is 0 Å². The van der Waals surface area contributed by atoms with Crippen LogP contribution in [0.5, 0.6) is 0 Å². The minimum absolute atomic E-state index is 0.843. The summed E-state index contributed by atoms with van der Waals surface area (Å²) in [5, 5.41) is 0. The molecular formula is C13H22O. The topological polar surface area (TPSA) is 17.1 Å². The molecule has 14 heavy (non-hydrogen) atoms. The van der Waals surface area contributed by atoms with Gasteiger partial charge in [-0.25, -0.2) is 0 Å². The molecule has 80 valence electrons. The molecule has 0 rings (SSSR count). The molecule has 0 bridgehead atoms. The van der Waals surface area contributed by atoms with Crippen LogP contribution in [0.25, 0.3) is 0 Å². The van der Waals surface area contributed by atoms with Gasteiger partial charge in [0.2, 0.25) is 0 Å². The first kappa shape index (κ1) is 13.2. The minimum atomic E-state index is 0.843. The SMILES string of the molecule is CC/C=C\CCCCCC/C=C/C=O. The van der Waals surface area contributed by atoms with Gasteiger partial charge in [-0.1, -0.05) is 38.0 Å². The third-order valence-electron chi connectivity index (χ3n) is 2.11. The third-order valence-corrected chi connectivity index (χ3v) is 2.11. The monoisotopic (exact) mass is 194 g/mol. The Morgan fingerprint density at radius 3 is 2.07 bits per heavy atom. The number of hydrogen-bond donors (Lipinski definition) is 0. The van der Waals surface area contributed by atoms with Gasteiger partial charge in [-0.2, -0.15) is 0 Å². The van der Waals surface area contributed by atoms with Crippen LogP contribution >= 0.6 is 0 Å². The molecule has 0 radical (unpaired) electrons. The van der Waals surface area contributed by atoms with E-state index in [1.165, 1.54) is 32.1 Å². The Labute approximate surface area is 87.9 Å². The predicted octanol–water partition coefficient (Wildman–Crippen LogP) is 4.05. The smallest absolute Gasteiger partial charge is 0.142 e. The summed E-state index contributed by atoms with van der Waals surface area (Å²) in [6, 6.07) is 0. The van der Waals surface area contributed by atoms with Crippen LogP contribution in [-0.2, 0) is 4.79 Å². The Morgan fingerprint density at radius 2 is 1.50 bits per heavy atom. The van der Waals surface area contributed by atoms with Crippen LogP contribution in [0.1, 0.15) is 51.9 Å². The first-order valence-corrected chi connectivity index (χ1v) is 5.67. The van der Waals surface area contributed by atoms with Crippen LogP contribution in [0.15, 0.2) is 24.3 Å². The Hall–Kier alpha value is -0.850. The molecule has 1 heteroatoms. The Morgan fingerprint density at radius 1 is 0.857 bits per heavy atom. The third kappa shape index (κ3) is 11.2. The molecule has 0 aromatic heterocycles. The number of carbonyl (C=O) groups excluding carboxylic acids is 1. The molecule has 0 aliphatic heterocycles. The lowest BCUT2D eigenvalue weighted by Gasteiger charge is -1.96. The van der Waals surface area contributed by atoms with Crippen molar-refractivity contribution < 1.29 is 4.79 Å². The molecular weight excluding hydrogens is 172 g/mol. The molecule has 0 saturated carbocycles. The van der Waals surface area contributed by atoms with Crippen molar-refractivity contribution >= 4 is 6.29 Å². The number of allylic oxidation sites excluding steroid dienone is 4. The van der Waals surface area contributed by atoms with Gasteiger partial charge < -0.3 is 0 Å². The Bertz CT molecular complexity index is 168. The highest BCUT2D eigenvalue weighted by Gasteiger charge is 1.86. The van der Waals surface area contributed by atoms with E-state index in [0.717, 1.165) is 19.1 Å². The van der Waals surface area contributed by atoms with E-state index in [9.17, 15) is 4.79 Å². The highest BCUT2D eigenvalue weighted by molar-refractivity contribution is 5.64. The maximum Gasteiger partial charge on any atom is 0.142 e. The molecule has 0 aliphatic carbocycles. The first-order valence-electron chi connectivity index (χ1n) is 5.67. The summed E-state index contributed by atoms with van der Waals surface area (Å²) in [5.41, 5.74) is 0. The molecule has 0 N–H and O–H groups in total. The van der Waals surface area contributed by atoms with Gasteiger partial charge in [0.25, 0.3) is 0 Å². The van der Waals surface area contributed by atoms with E-state index in [4.69, 9.17) is 0 Å². The second-order valence-electron chi connectivity index (χ2n) is 3.44. The van der Waals surface area contributed by atoms with E-state index < -0.39 is 0 Å². The van der Waals surface area contributed by atoms with E-state index in [-0.39, 0.29) is 0 Å². The van der Waals surface area contributed by atoms with E-state index in [2.05, 4.69) is 19.1 Å². The molecule has 0 saturated heterocycles. The molecule has 0 heterocycles. The summed E-state index contributed by atoms with van der Waals surface area (Å²) in [6.45, 7) is 2.16. The molecule has 0 aromatic rings. The van der Waals surface area contributed by atoms with Gasteiger partial charge in [0.05, 0.1) is 0 Å². The van der Waals surface area contributed by atoms with Crippen LogP contribution in [0.3, 0.4) is 0 Å². The summed E-state index contributed by atoms with van der Waals surface area (Å²) in [7, 11) is 0. The van der Waals surface area contributed by atoms with E-state index in [1.807, 2.05) is 6.08 Å². The summed E-state index contributed by atoms with van der Waals surface area (Å²) < 4.78 is 0. The van der Waals surface area contributed by atoms with Gasteiger partial charge in [-0.05, 0) is 38.2 Å². The summed E-state index contributed by atoms with van der Waals surface area (Å²) >= 11 is 0. The van der Waals surface area contributed by atoms with Gasteiger partial charge in [0.1, 0.15) is 6.29 Å². The van der Waals surface area contributed by atoms with Crippen molar-refractivity contribution in [2.75, 3.05) is 0 Å². The molecule has 0 spiro atoms. The van der Waals surface area contributed by atoms with Crippen molar-refractivity contribution in [3.05, 3.63) is 24.3 Å². The average Bonchev–Trinajstić information content (AvgIpc) is 2.21. The van der Waals surface area contributed by atoms with Crippen molar-refractivity contribution in [1.29, 1.82) is 0 Å². The molecule has 0 fully saturated rings. The molecule has 0 amide bonds. The standard InChI is InChI=1S/C13H22O/c1-2-3-4-5-6-7-8-9-10-11-12-13-14/h3-4,11-13H,2,5-10H2,1H3/b4-3-,12-11+. The second kappa shape index (κ2) is 12.2. The summed E-state index contributed by atoms with van der Waals surface area (Å²) in [4.78, 5) is 9.95. The van der Waals surface area contributed by atoms with Crippen molar-refractivity contribution in [2.24, 2.45) is 0 Å². The Balaban J connectivity index is 3.02. The number of unbranched alkanes of at least 4 members (excludes halogenated alkanes) is 5. The fraction of sp³-hybridized carbons (Fsp3) is 0.615. The van der Waals surface area contributed by atoms with Gasteiger partial charge in [0, 0.05) is 0 Å². The zero-order chi connectivity index (χ0) is 10.5. The molecule has 1 nitrogen and oxygen atoms in total. The van der Waals surface area contributed by atoms with E-state index in [1.54, 1.807) is 6.08 Å². The number of carbonyl (C=O) groups is 1. The van der Waals surface area contributed by atoms with Crippen molar-refractivity contribution in [3.63, 3.8) is 0 Å². The average molecular weight is 194 g/mol. The lowest BCUT2D eigenvalue weighted by molar-refractivity contribution is -0.104. The summed E-state index contributed by atoms with van der Waals surface area (Å²) in [5.74, 6) is 0. The predicted molar refractivity (Wildman–Crippen MR) is 62.3 cm³/mol. The maximum atomic E-state index is 9.95. The van der Waals surface area contributed by atoms with E-state index >= 15 is 0 Å².